The molecular weight excluding hydrogens is 386 g/mol. The van der Waals surface area contributed by atoms with Gasteiger partial charge < -0.3 is 23.7 Å². The normalized spacial score (nSPS) is 22.3. The fraction of sp³-hybridized carbons (Fsp3) is 0.545. The Balaban J connectivity index is 1.77. The van der Waals surface area contributed by atoms with E-state index in [1.54, 1.807) is 26.0 Å². The molecule has 4 rings (SSSR count). The van der Waals surface area contributed by atoms with Gasteiger partial charge in [-0.25, -0.2) is 0 Å². The maximum atomic E-state index is 13.6. The van der Waals surface area contributed by atoms with Crippen molar-refractivity contribution in [3.05, 3.63) is 23.9 Å². The van der Waals surface area contributed by atoms with Gasteiger partial charge in [0, 0.05) is 31.6 Å². The van der Waals surface area contributed by atoms with Crippen LogP contribution in [0.2, 0.25) is 0 Å². The average Bonchev–Trinajstić information content (AvgIpc) is 3.13. The molecule has 162 valence electrons. The standard InChI is InChI=1S/C22H29N3O5/c1-15(26)22(2)14-24-17(13-16-18(28-3)5-6-19(29-4)20(16)24)21(27)25(22)8-7-23-9-11-30-12-10-23/h5-6,13H,7-12,14H2,1-4H3. The number of aromatic nitrogens is 1. The van der Waals surface area contributed by atoms with E-state index in [0.717, 1.165) is 24.0 Å². The minimum absolute atomic E-state index is 0.0350. The van der Waals surface area contributed by atoms with Crippen LogP contribution in [-0.2, 0) is 16.1 Å². The molecule has 8 nitrogen and oxygen atoms in total. The van der Waals surface area contributed by atoms with Crippen molar-refractivity contribution in [3.8, 4) is 11.5 Å². The van der Waals surface area contributed by atoms with Crippen LogP contribution in [-0.4, -0.2) is 85.2 Å². The summed E-state index contributed by atoms with van der Waals surface area (Å²) in [6, 6.07) is 5.51. The molecule has 0 aliphatic carbocycles. The number of benzene rings is 1. The van der Waals surface area contributed by atoms with Gasteiger partial charge in [0.25, 0.3) is 5.91 Å². The average molecular weight is 415 g/mol. The molecule has 2 aliphatic rings. The largest absolute Gasteiger partial charge is 0.496 e. The van der Waals surface area contributed by atoms with Crippen molar-refractivity contribution >= 4 is 22.6 Å². The van der Waals surface area contributed by atoms with Crippen LogP contribution in [0.25, 0.3) is 10.9 Å². The number of hydrogen-bond donors (Lipinski definition) is 0. The molecule has 2 aliphatic heterocycles. The maximum Gasteiger partial charge on any atom is 0.271 e. The van der Waals surface area contributed by atoms with Crippen LogP contribution in [0.3, 0.4) is 0 Å². The lowest BCUT2D eigenvalue weighted by Gasteiger charge is -2.44. The van der Waals surface area contributed by atoms with Crippen molar-refractivity contribution in [1.29, 1.82) is 0 Å². The van der Waals surface area contributed by atoms with Crippen molar-refractivity contribution in [3.63, 3.8) is 0 Å². The number of Topliss-reactive ketones (excluding diaryl/α,β-unsaturated/α-hetero) is 1. The molecule has 3 heterocycles. The molecule has 0 radical (unpaired) electrons. The topological polar surface area (TPSA) is 73.2 Å². The summed E-state index contributed by atoms with van der Waals surface area (Å²) in [5.41, 5.74) is 0.394. The van der Waals surface area contributed by atoms with Crippen LogP contribution in [0.1, 0.15) is 24.3 Å². The number of methoxy groups -OCH3 is 2. The molecule has 30 heavy (non-hydrogen) atoms. The molecule has 1 unspecified atom stereocenters. The van der Waals surface area contributed by atoms with Crippen LogP contribution in [0.5, 0.6) is 11.5 Å². The number of carbonyl (C=O) groups is 2. The highest BCUT2D eigenvalue weighted by atomic mass is 16.5. The van der Waals surface area contributed by atoms with Gasteiger partial charge in [0.2, 0.25) is 0 Å². The van der Waals surface area contributed by atoms with Gasteiger partial charge in [0.1, 0.15) is 22.7 Å². The smallest absolute Gasteiger partial charge is 0.271 e. The number of ketones is 1. The van der Waals surface area contributed by atoms with Crippen LogP contribution in [0.4, 0.5) is 0 Å². The minimum atomic E-state index is -0.934. The first kappa shape index (κ1) is 20.7. The number of fused-ring (bicyclic) bond motifs is 3. The van der Waals surface area contributed by atoms with Crippen molar-refractivity contribution in [2.75, 3.05) is 53.6 Å². The molecule has 0 bridgehead atoms. The van der Waals surface area contributed by atoms with E-state index in [0.29, 0.717) is 50.0 Å². The van der Waals surface area contributed by atoms with E-state index in [2.05, 4.69) is 4.90 Å². The number of morpholine rings is 1. The van der Waals surface area contributed by atoms with Gasteiger partial charge in [0.05, 0.1) is 39.5 Å². The molecule has 0 spiro atoms. The summed E-state index contributed by atoms with van der Waals surface area (Å²) in [5, 5.41) is 0.807. The predicted octanol–water partition coefficient (Wildman–Crippen LogP) is 1.79. The monoisotopic (exact) mass is 415 g/mol. The number of carbonyl (C=O) groups excluding carboxylic acids is 2. The number of ether oxygens (including phenoxy) is 3. The molecule has 0 saturated carbocycles. The molecule has 1 saturated heterocycles. The van der Waals surface area contributed by atoms with Crippen LogP contribution in [0, 0.1) is 0 Å². The summed E-state index contributed by atoms with van der Waals surface area (Å²) in [6.45, 7) is 8.07. The fourth-order valence-corrected chi connectivity index (χ4v) is 4.48. The lowest BCUT2D eigenvalue weighted by molar-refractivity contribution is -0.128. The quantitative estimate of drug-likeness (QED) is 0.716. The summed E-state index contributed by atoms with van der Waals surface area (Å²) in [4.78, 5) is 30.4. The van der Waals surface area contributed by atoms with E-state index in [1.165, 1.54) is 0 Å². The van der Waals surface area contributed by atoms with Crippen molar-refractivity contribution in [1.82, 2.24) is 14.4 Å². The Kier molecular flexibility index (Phi) is 5.46. The van der Waals surface area contributed by atoms with E-state index >= 15 is 0 Å². The zero-order valence-electron chi connectivity index (χ0n) is 18.1. The Bertz CT molecular complexity index is 979. The number of rotatable bonds is 6. The van der Waals surface area contributed by atoms with Gasteiger partial charge >= 0.3 is 0 Å². The third-order valence-electron chi connectivity index (χ3n) is 6.45. The molecule has 1 aromatic heterocycles. The second kappa shape index (κ2) is 7.92. The van der Waals surface area contributed by atoms with Crippen LogP contribution < -0.4 is 9.47 Å². The Hall–Kier alpha value is -2.58. The third kappa shape index (κ3) is 3.24. The first-order valence-corrected chi connectivity index (χ1v) is 10.3. The molecule has 1 aromatic carbocycles. The van der Waals surface area contributed by atoms with Gasteiger partial charge in [-0.05, 0) is 32.0 Å². The van der Waals surface area contributed by atoms with Crippen LogP contribution in [0.15, 0.2) is 18.2 Å². The molecule has 1 atom stereocenters. The SMILES string of the molecule is COc1ccc(OC)c2c1cc1n2CC(C)(C(C)=O)N(CCN2CCOCC2)C1=O. The molecule has 8 heteroatoms. The van der Waals surface area contributed by atoms with Crippen molar-refractivity contribution in [2.45, 2.75) is 25.9 Å². The summed E-state index contributed by atoms with van der Waals surface area (Å²) in [6.07, 6.45) is 0. The third-order valence-corrected chi connectivity index (χ3v) is 6.45. The number of nitrogens with zero attached hydrogens (tertiary/aromatic N) is 3. The molecule has 1 fully saturated rings. The summed E-state index contributed by atoms with van der Waals surface area (Å²) in [5.74, 6) is 1.14. The van der Waals surface area contributed by atoms with Crippen molar-refractivity contribution < 1.29 is 23.8 Å². The van der Waals surface area contributed by atoms with Gasteiger partial charge in [0.15, 0.2) is 5.78 Å². The Labute approximate surface area is 176 Å². The predicted molar refractivity (Wildman–Crippen MR) is 112 cm³/mol. The van der Waals surface area contributed by atoms with E-state index < -0.39 is 5.54 Å². The lowest BCUT2D eigenvalue weighted by atomic mass is 9.91. The summed E-state index contributed by atoms with van der Waals surface area (Å²) < 4.78 is 18.4. The van der Waals surface area contributed by atoms with E-state index in [1.807, 2.05) is 29.7 Å². The van der Waals surface area contributed by atoms with Gasteiger partial charge in [-0.15, -0.1) is 0 Å². The Morgan fingerprint density at radius 2 is 1.80 bits per heavy atom. The van der Waals surface area contributed by atoms with Gasteiger partial charge in [-0.2, -0.15) is 0 Å². The zero-order valence-corrected chi connectivity index (χ0v) is 18.1. The Morgan fingerprint density at radius 3 is 2.43 bits per heavy atom. The fourth-order valence-electron chi connectivity index (χ4n) is 4.48. The highest BCUT2D eigenvalue weighted by molar-refractivity contribution is 6.05. The summed E-state index contributed by atoms with van der Waals surface area (Å²) >= 11 is 0. The zero-order chi connectivity index (χ0) is 21.5. The lowest BCUT2D eigenvalue weighted by Crippen LogP contribution is -2.61. The summed E-state index contributed by atoms with van der Waals surface area (Å²) in [7, 11) is 3.21. The first-order valence-electron chi connectivity index (χ1n) is 10.3. The minimum Gasteiger partial charge on any atom is -0.496 e. The van der Waals surface area contributed by atoms with Crippen molar-refractivity contribution in [2.24, 2.45) is 0 Å². The second-order valence-corrected chi connectivity index (χ2v) is 8.09. The number of hydrogen-bond acceptors (Lipinski definition) is 6. The van der Waals surface area contributed by atoms with E-state index in [-0.39, 0.29) is 11.7 Å². The second-order valence-electron chi connectivity index (χ2n) is 8.09. The van der Waals surface area contributed by atoms with E-state index in [4.69, 9.17) is 14.2 Å². The molecular formula is C22H29N3O5. The molecule has 2 aromatic rings. The van der Waals surface area contributed by atoms with Gasteiger partial charge in [-0.3, -0.25) is 14.5 Å². The highest BCUT2D eigenvalue weighted by Gasteiger charge is 2.46. The number of amides is 1. The molecule has 0 N–H and O–H groups in total. The Morgan fingerprint density at radius 1 is 1.13 bits per heavy atom. The maximum absolute atomic E-state index is 13.6. The molecule has 1 amide bonds. The highest BCUT2D eigenvalue weighted by Crippen LogP contribution is 2.40. The van der Waals surface area contributed by atoms with E-state index in [9.17, 15) is 9.59 Å². The van der Waals surface area contributed by atoms with Gasteiger partial charge in [-0.1, -0.05) is 0 Å². The van der Waals surface area contributed by atoms with Crippen LogP contribution >= 0.6 is 0 Å². The first-order chi connectivity index (χ1) is 14.4.